The van der Waals surface area contributed by atoms with Crippen LogP contribution in [0, 0.1) is 12.7 Å². The third-order valence-corrected chi connectivity index (χ3v) is 5.76. The summed E-state index contributed by atoms with van der Waals surface area (Å²) in [4.78, 5) is 19.8. The lowest BCUT2D eigenvalue weighted by atomic mass is 10.0. The molecule has 0 bridgehead atoms. The molecule has 35 heavy (non-hydrogen) atoms. The Labute approximate surface area is 204 Å². The van der Waals surface area contributed by atoms with Crippen LogP contribution >= 0.6 is 0 Å². The van der Waals surface area contributed by atoms with Crippen molar-refractivity contribution >= 4 is 11.6 Å². The molecule has 0 aromatic heterocycles. The zero-order chi connectivity index (χ0) is 24.5. The van der Waals surface area contributed by atoms with E-state index in [9.17, 15) is 9.18 Å². The van der Waals surface area contributed by atoms with Crippen molar-refractivity contribution in [1.82, 2.24) is 4.90 Å². The van der Waals surface area contributed by atoms with E-state index in [1.807, 2.05) is 55.5 Å². The summed E-state index contributed by atoms with van der Waals surface area (Å²) in [5.41, 5.74) is 4.50. The van der Waals surface area contributed by atoms with Gasteiger partial charge in [0.2, 0.25) is 0 Å². The highest BCUT2D eigenvalue weighted by Crippen LogP contribution is 2.21. The first-order chi connectivity index (χ1) is 17.1. The van der Waals surface area contributed by atoms with E-state index in [2.05, 4.69) is 5.16 Å². The summed E-state index contributed by atoms with van der Waals surface area (Å²) >= 11 is 0. The Kier molecular flexibility index (Phi) is 8.46. The van der Waals surface area contributed by atoms with Crippen LogP contribution in [0.4, 0.5) is 4.39 Å². The number of benzene rings is 3. The van der Waals surface area contributed by atoms with E-state index in [4.69, 9.17) is 14.3 Å². The maximum absolute atomic E-state index is 13.2. The minimum Gasteiger partial charge on any atom is -0.483 e. The normalized spacial score (nSPS) is 14.0. The average molecular weight is 477 g/mol. The quantitative estimate of drug-likeness (QED) is 0.336. The summed E-state index contributed by atoms with van der Waals surface area (Å²) in [5.74, 6) is 0.324. The molecule has 1 aliphatic heterocycles. The number of carbonyl (C=O) groups excluding carboxylic acids is 1. The van der Waals surface area contributed by atoms with Gasteiger partial charge in [-0.1, -0.05) is 47.6 Å². The molecular weight excluding hydrogens is 447 g/mol. The van der Waals surface area contributed by atoms with Crippen molar-refractivity contribution < 1.29 is 23.5 Å². The highest BCUT2D eigenvalue weighted by molar-refractivity contribution is 6.01. The predicted octanol–water partition coefficient (Wildman–Crippen LogP) is 4.54. The number of hydrogen-bond acceptors (Lipinski definition) is 5. The molecule has 0 radical (unpaired) electrons. The highest BCUT2D eigenvalue weighted by atomic mass is 19.1. The minimum atomic E-state index is -0.286. The number of amides is 1. The van der Waals surface area contributed by atoms with Gasteiger partial charge in [0.1, 0.15) is 18.2 Å². The maximum Gasteiger partial charge on any atom is 0.260 e. The van der Waals surface area contributed by atoms with Crippen LogP contribution < -0.4 is 4.74 Å². The molecule has 1 aliphatic rings. The number of rotatable bonds is 9. The van der Waals surface area contributed by atoms with Gasteiger partial charge in [-0.3, -0.25) is 4.79 Å². The van der Waals surface area contributed by atoms with Crippen LogP contribution in [0.1, 0.15) is 22.3 Å². The molecule has 0 aliphatic carbocycles. The first kappa shape index (κ1) is 24.4. The van der Waals surface area contributed by atoms with Crippen molar-refractivity contribution in [1.29, 1.82) is 0 Å². The SMILES string of the molecule is Cc1cc(C(Cc2ccccc2)=NOCc2ccc(F)cc2)ccc1OCC(=O)N1CCOCC1. The van der Waals surface area contributed by atoms with Gasteiger partial charge in [-0.25, -0.2) is 4.39 Å². The Balaban J connectivity index is 1.45. The minimum absolute atomic E-state index is 0.00801. The lowest BCUT2D eigenvalue weighted by molar-refractivity contribution is -0.137. The van der Waals surface area contributed by atoms with Crippen LogP contribution in [-0.2, 0) is 27.4 Å². The Hall–Kier alpha value is -3.71. The second-order valence-electron chi connectivity index (χ2n) is 8.36. The summed E-state index contributed by atoms with van der Waals surface area (Å²) in [5, 5.41) is 4.42. The summed E-state index contributed by atoms with van der Waals surface area (Å²) in [6, 6.07) is 21.9. The molecule has 0 N–H and O–H groups in total. The summed E-state index contributed by atoms with van der Waals surface area (Å²) in [6.07, 6.45) is 0.583. The molecule has 3 aromatic carbocycles. The largest absolute Gasteiger partial charge is 0.483 e. The van der Waals surface area contributed by atoms with E-state index < -0.39 is 0 Å². The molecule has 1 amide bonds. The molecule has 4 rings (SSSR count). The Morgan fingerprint density at radius 3 is 2.46 bits per heavy atom. The van der Waals surface area contributed by atoms with E-state index in [0.717, 1.165) is 28.0 Å². The predicted molar refractivity (Wildman–Crippen MR) is 132 cm³/mol. The summed E-state index contributed by atoms with van der Waals surface area (Å²) in [7, 11) is 0. The van der Waals surface area contributed by atoms with Gasteiger partial charge in [0, 0.05) is 25.1 Å². The van der Waals surface area contributed by atoms with Crippen LogP contribution in [0.5, 0.6) is 5.75 Å². The van der Waals surface area contributed by atoms with Crippen LogP contribution in [0.15, 0.2) is 78.0 Å². The van der Waals surface area contributed by atoms with Gasteiger partial charge in [-0.15, -0.1) is 0 Å². The third-order valence-electron chi connectivity index (χ3n) is 5.76. The molecule has 1 heterocycles. The van der Waals surface area contributed by atoms with E-state index in [1.165, 1.54) is 12.1 Å². The third kappa shape index (κ3) is 7.13. The van der Waals surface area contributed by atoms with Crippen molar-refractivity contribution in [2.24, 2.45) is 5.16 Å². The first-order valence-electron chi connectivity index (χ1n) is 11.6. The van der Waals surface area contributed by atoms with Crippen molar-refractivity contribution in [2.45, 2.75) is 20.0 Å². The standard InChI is InChI=1S/C28H29FN2O4/c1-21-17-24(9-12-27(21)34-20-28(32)31-13-15-33-16-14-31)26(18-22-5-3-2-4-6-22)30-35-19-23-7-10-25(29)11-8-23/h2-12,17H,13-16,18-20H2,1H3. The maximum atomic E-state index is 13.2. The molecule has 1 fully saturated rings. The first-order valence-corrected chi connectivity index (χ1v) is 11.6. The number of oxime groups is 1. The molecule has 0 atom stereocenters. The van der Waals surface area contributed by atoms with Gasteiger partial charge in [-0.05, 0) is 53.9 Å². The smallest absolute Gasteiger partial charge is 0.260 e. The number of carbonyl (C=O) groups is 1. The fourth-order valence-corrected chi connectivity index (χ4v) is 3.78. The topological polar surface area (TPSA) is 60.4 Å². The van der Waals surface area contributed by atoms with Crippen molar-refractivity contribution in [2.75, 3.05) is 32.9 Å². The molecule has 0 saturated carbocycles. The number of ether oxygens (including phenoxy) is 2. The molecule has 0 unspecified atom stereocenters. The second kappa shape index (κ2) is 12.1. The number of nitrogens with zero attached hydrogens (tertiary/aromatic N) is 2. The summed E-state index contributed by atoms with van der Waals surface area (Å²) < 4.78 is 24.3. The lowest BCUT2D eigenvalue weighted by Crippen LogP contribution is -2.43. The zero-order valence-electron chi connectivity index (χ0n) is 19.8. The van der Waals surface area contributed by atoms with Crippen molar-refractivity contribution in [3.05, 3.63) is 101 Å². The second-order valence-corrected chi connectivity index (χ2v) is 8.36. The van der Waals surface area contributed by atoms with Crippen molar-refractivity contribution in [3.8, 4) is 5.75 Å². The molecule has 1 saturated heterocycles. The van der Waals surface area contributed by atoms with Crippen LogP contribution in [-0.4, -0.2) is 49.4 Å². The number of hydrogen-bond donors (Lipinski definition) is 0. The highest BCUT2D eigenvalue weighted by Gasteiger charge is 2.18. The fraction of sp³-hybridized carbons (Fsp3) is 0.286. The summed E-state index contributed by atoms with van der Waals surface area (Å²) in [6.45, 7) is 4.49. The van der Waals surface area contributed by atoms with Crippen LogP contribution in [0.2, 0.25) is 0 Å². The number of morpholine rings is 1. The van der Waals surface area contributed by atoms with Gasteiger partial charge in [0.25, 0.3) is 5.91 Å². The van der Waals surface area contributed by atoms with Gasteiger partial charge in [-0.2, -0.15) is 0 Å². The number of halogens is 1. The van der Waals surface area contributed by atoms with Gasteiger partial charge in [0.15, 0.2) is 6.61 Å². The zero-order valence-corrected chi connectivity index (χ0v) is 19.8. The number of aryl methyl sites for hydroxylation is 1. The fourth-order valence-electron chi connectivity index (χ4n) is 3.78. The molecule has 182 valence electrons. The monoisotopic (exact) mass is 476 g/mol. The van der Waals surface area contributed by atoms with Gasteiger partial charge < -0.3 is 19.2 Å². The Morgan fingerprint density at radius 2 is 1.74 bits per heavy atom. The van der Waals surface area contributed by atoms with Gasteiger partial charge in [0.05, 0.1) is 18.9 Å². The van der Waals surface area contributed by atoms with E-state index in [-0.39, 0.29) is 24.9 Å². The Bertz CT molecular complexity index is 1140. The Morgan fingerprint density at radius 1 is 1.00 bits per heavy atom. The van der Waals surface area contributed by atoms with E-state index in [1.54, 1.807) is 17.0 Å². The van der Waals surface area contributed by atoms with E-state index >= 15 is 0 Å². The van der Waals surface area contributed by atoms with Crippen LogP contribution in [0.25, 0.3) is 0 Å². The van der Waals surface area contributed by atoms with E-state index in [0.29, 0.717) is 38.5 Å². The van der Waals surface area contributed by atoms with Gasteiger partial charge >= 0.3 is 0 Å². The molecule has 0 spiro atoms. The lowest BCUT2D eigenvalue weighted by Gasteiger charge is -2.26. The van der Waals surface area contributed by atoms with Crippen LogP contribution in [0.3, 0.4) is 0 Å². The molecule has 7 heteroatoms. The molecule has 6 nitrogen and oxygen atoms in total. The average Bonchev–Trinajstić information content (AvgIpc) is 2.89. The molecule has 3 aromatic rings. The molecular formula is C28H29FN2O4. The van der Waals surface area contributed by atoms with Crippen molar-refractivity contribution in [3.63, 3.8) is 0 Å².